The molecule has 2 heteroatoms. The molecule has 2 N–H and O–H groups in total. The van der Waals surface area contributed by atoms with Crippen molar-refractivity contribution >= 4 is 5.69 Å². The second kappa shape index (κ2) is 2.49. The van der Waals surface area contributed by atoms with E-state index in [1.54, 1.807) is 0 Å². The molecule has 2 nitrogen and oxygen atoms in total. The molecule has 1 aromatic carbocycles. The van der Waals surface area contributed by atoms with Gasteiger partial charge in [0.05, 0.1) is 0 Å². The molecular formula is C10H14N2. The van der Waals surface area contributed by atoms with Gasteiger partial charge in [0.1, 0.15) is 0 Å². The van der Waals surface area contributed by atoms with Gasteiger partial charge in [-0.3, -0.25) is 4.90 Å². The van der Waals surface area contributed by atoms with Gasteiger partial charge in [-0.15, -0.1) is 0 Å². The van der Waals surface area contributed by atoms with Crippen LogP contribution in [0.1, 0.15) is 24.1 Å². The lowest BCUT2D eigenvalue weighted by Gasteiger charge is -2.13. The van der Waals surface area contributed by atoms with Crippen LogP contribution in [0.5, 0.6) is 0 Å². The van der Waals surface area contributed by atoms with Crippen LogP contribution in [-0.2, 0) is 6.54 Å². The predicted octanol–water partition coefficient (Wildman–Crippen LogP) is 1.78. The maximum atomic E-state index is 5.87. The zero-order valence-electron chi connectivity index (χ0n) is 7.54. The van der Waals surface area contributed by atoms with Crippen molar-refractivity contribution in [1.82, 2.24) is 4.90 Å². The van der Waals surface area contributed by atoms with Gasteiger partial charge in [0.15, 0.2) is 0 Å². The molecule has 0 bridgehead atoms. The number of anilines is 1. The van der Waals surface area contributed by atoms with Crippen LogP contribution in [0.2, 0.25) is 0 Å². The van der Waals surface area contributed by atoms with Crippen molar-refractivity contribution in [3.05, 3.63) is 29.3 Å². The van der Waals surface area contributed by atoms with E-state index in [1.807, 2.05) is 12.1 Å². The lowest BCUT2D eigenvalue weighted by molar-refractivity contribution is 0.286. The summed E-state index contributed by atoms with van der Waals surface area (Å²) in [7, 11) is 2.13. The van der Waals surface area contributed by atoms with Gasteiger partial charge in [0, 0.05) is 18.3 Å². The largest absolute Gasteiger partial charge is 0.398 e. The molecule has 0 aromatic heterocycles. The highest BCUT2D eigenvalue weighted by Crippen LogP contribution is 2.34. The maximum absolute atomic E-state index is 5.87. The number of hydrogen-bond donors (Lipinski definition) is 1. The topological polar surface area (TPSA) is 29.3 Å². The van der Waals surface area contributed by atoms with Crippen LogP contribution in [0.4, 0.5) is 5.69 Å². The van der Waals surface area contributed by atoms with Crippen molar-refractivity contribution in [2.24, 2.45) is 0 Å². The molecule has 0 aliphatic carbocycles. The molecule has 0 fully saturated rings. The van der Waals surface area contributed by atoms with Crippen molar-refractivity contribution in [3.8, 4) is 0 Å². The molecule has 0 saturated heterocycles. The van der Waals surface area contributed by atoms with E-state index in [0.29, 0.717) is 6.04 Å². The lowest BCUT2D eigenvalue weighted by atomic mass is 10.0. The normalized spacial score (nSPS) is 22.7. The summed E-state index contributed by atoms with van der Waals surface area (Å²) < 4.78 is 0. The van der Waals surface area contributed by atoms with E-state index in [2.05, 4.69) is 24.9 Å². The van der Waals surface area contributed by atoms with E-state index < -0.39 is 0 Å². The number of hydrogen-bond acceptors (Lipinski definition) is 2. The highest BCUT2D eigenvalue weighted by atomic mass is 15.1. The molecule has 1 heterocycles. The van der Waals surface area contributed by atoms with Crippen LogP contribution in [0, 0.1) is 0 Å². The van der Waals surface area contributed by atoms with E-state index >= 15 is 0 Å². The van der Waals surface area contributed by atoms with Crippen molar-refractivity contribution in [2.45, 2.75) is 19.5 Å². The molecule has 1 aromatic rings. The smallest absolute Gasteiger partial charge is 0.0363 e. The summed E-state index contributed by atoms with van der Waals surface area (Å²) >= 11 is 0. The van der Waals surface area contributed by atoms with Crippen LogP contribution < -0.4 is 5.73 Å². The third-order valence-electron chi connectivity index (χ3n) is 2.77. The summed E-state index contributed by atoms with van der Waals surface area (Å²) in [5.74, 6) is 0. The molecule has 0 radical (unpaired) electrons. The van der Waals surface area contributed by atoms with E-state index in [0.717, 1.165) is 12.2 Å². The summed E-state index contributed by atoms with van der Waals surface area (Å²) in [5, 5.41) is 0. The number of fused-ring (bicyclic) bond motifs is 1. The average Bonchev–Trinajstić information content (AvgIpc) is 2.32. The Morgan fingerprint density at radius 1 is 1.50 bits per heavy atom. The molecular weight excluding hydrogens is 148 g/mol. The van der Waals surface area contributed by atoms with Crippen LogP contribution >= 0.6 is 0 Å². The predicted molar refractivity (Wildman–Crippen MR) is 50.7 cm³/mol. The number of nitrogen functional groups attached to an aromatic ring is 1. The second-order valence-electron chi connectivity index (χ2n) is 3.51. The highest BCUT2D eigenvalue weighted by Gasteiger charge is 2.24. The summed E-state index contributed by atoms with van der Waals surface area (Å²) in [6, 6.07) is 6.69. The van der Waals surface area contributed by atoms with Gasteiger partial charge in [-0.2, -0.15) is 0 Å². The van der Waals surface area contributed by atoms with Gasteiger partial charge < -0.3 is 5.73 Å². The van der Waals surface area contributed by atoms with Crippen LogP contribution in [0.3, 0.4) is 0 Å². The fourth-order valence-corrected chi connectivity index (χ4v) is 1.82. The number of benzene rings is 1. The third kappa shape index (κ3) is 0.916. The molecule has 1 atom stereocenters. The Morgan fingerprint density at radius 3 is 2.92 bits per heavy atom. The van der Waals surface area contributed by atoms with Crippen LogP contribution in [0.25, 0.3) is 0 Å². The van der Waals surface area contributed by atoms with Crippen LogP contribution in [0.15, 0.2) is 18.2 Å². The SMILES string of the molecule is CC1c2cccc(N)c2CN1C. The summed E-state index contributed by atoms with van der Waals surface area (Å²) in [6.07, 6.45) is 0. The van der Waals surface area contributed by atoms with Gasteiger partial charge >= 0.3 is 0 Å². The third-order valence-corrected chi connectivity index (χ3v) is 2.77. The van der Waals surface area contributed by atoms with Crippen molar-refractivity contribution in [2.75, 3.05) is 12.8 Å². The van der Waals surface area contributed by atoms with Crippen molar-refractivity contribution in [1.29, 1.82) is 0 Å². The molecule has 0 saturated carbocycles. The van der Waals surface area contributed by atoms with Crippen LogP contribution in [-0.4, -0.2) is 11.9 Å². The van der Waals surface area contributed by atoms with Gasteiger partial charge in [0.25, 0.3) is 0 Å². The molecule has 0 spiro atoms. The lowest BCUT2D eigenvalue weighted by Crippen LogP contribution is -2.12. The second-order valence-corrected chi connectivity index (χ2v) is 3.51. The Bertz CT molecular complexity index is 307. The minimum absolute atomic E-state index is 0.517. The molecule has 12 heavy (non-hydrogen) atoms. The summed E-state index contributed by atoms with van der Waals surface area (Å²) in [6.45, 7) is 3.20. The fraction of sp³-hybridized carbons (Fsp3) is 0.400. The van der Waals surface area contributed by atoms with Crippen molar-refractivity contribution in [3.63, 3.8) is 0 Å². The number of nitrogens with two attached hydrogens (primary N) is 1. The van der Waals surface area contributed by atoms with Gasteiger partial charge in [-0.25, -0.2) is 0 Å². The van der Waals surface area contributed by atoms with Gasteiger partial charge in [-0.1, -0.05) is 12.1 Å². The molecule has 1 aliphatic heterocycles. The molecule has 1 unspecified atom stereocenters. The van der Waals surface area contributed by atoms with E-state index in [4.69, 9.17) is 5.73 Å². The monoisotopic (exact) mass is 162 g/mol. The minimum Gasteiger partial charge on any atom is -0.398 e. The first-order valence-corrected chi connectivity index (χ1v) is 4.27. The Balaban J connectivity index is 2.53. The van der Waals surface area contributed by atoms with E-state index in [-0.39, 0.29) is 0 Å². The number of rotatable bonds is 0. The Hall–Kier alpha value is -1.02. The molecule has 1 aliphatic rings. The first-order chi connectivity index (χ1) is 5.70. The Morgan fingerprint density at radius 2 is 2.25 bits per heavy atom. The van der Waals surface area contributed by atoms with Gasteiger partial charge in [0.2, 0.25) is 0 Å². The first kappa shape index (κ1) is 7.62. The number of nitrogens with zero attached hydrogens (tertiary/aromatic N) is 1. The zero-order valence-corrected chi connectivity index (χ0v) is 7.54. The summed E-state index contributed by atoms with van der Waals surface area (Å²) in [4.78, 5) is 2.31. The van der Waals surface area contributed by atoms with E-state index in [1.165, 1.54) is 11.1 Å². The summed E-state index contributed by atoms with van der Waals surface area (Å²) in [5.41, 5.74) is 9.50. The Labute approximate surface area is 73.0 Å². The van der Waals surface area contributed by atoms with Gasteiger partial charge in [-0.05, 0) is 31.2 Å². The fourth-order valence-electron chi connectivity index (χ4n) is 1.82. The molecule has 64 valence electrons. The average molecular weight is 162 g/mol. The first-order valence-electron chi connectivity index (χ1n) is 4.27. The molecule has 2 rings (SSSR count). The van der Waals surface area contributed by atoms with Crippen molar-refractivity contribution < 1.29 is 0 Å². The minimum atomic E-state index is 0.517. The maximum Gasteiger partial charge on any atom is 0.0363 e. The Kier molecular flexibility index (Phi) is 1.58. The zero-order chi connectivity index (χ0) is 8.72. The standard InChI is InChI=1S/C10H14N2/c1-7-8-4-3-5-10(11)9(8)6-12(7)2/h3-5,7H,6,11H2,1-2H3. The highest BCUT2D eigenvalue weighted by molar-refractivity contribution is 5.53. The van der Waals surface area contributed by atoms with E-state index in [9.17, 15) is 0 Å². The quantitative estimate of drug-likeness (QED) is 0.589. The molecule has 0 amide bonds.